The highest BCUT2D eigenvalue weighted by Gasteiger charge is 2.16. The van der Waals surface area contributed by atoms with Crippen molar-refractivity contribution < 1.29 is 49.0 Å². The molecule has 2 saturated heterocycles. The number of carboxylic acids is 2. The molecular weight excluding hydrogens is 644 g/mol. The molecule has 0 aliphatic carbocycles. The molecule has 50 heavy (non-hydrogen) atoms. The highest BCUT2D eigenvalue weighted by atomic mass is 16.5. The lowest BCUT2D eigenvalue weighted by molar-refractivity contribution is -0.134. The zero-order valence-electron chi connectivity index (χ0n) is 27.9. The molecule has 4 unspecified atom stereocenters. The molecule has 0 saturated carbocycles. The van der Waals surface area contributed by atoms with Crippen LogP contribution in [-0.4, -0.2) is 110 Å². The van der Waals surface area contributed by atoms with E-state index in [1.165, 1.54) is 10.8 Å². The van der Waals surface area contributed by atoms with Crippen LogP contribution >= 0.6 is 0 Å². The number of carbonyl (C=O) groups is 2. The molecule has 6 N–H and O–H groups in total. The van der Waals surface area contributed by atoms with Gasteiger partial charge in [0.15, 0.2) is 0 Å². The Morgan fingerprint density at radius 1 is 0.660 bits per heavy atom. The average Bonchev–Trinajstić information content (AvgIpc) is 3.15. The summed E-state index contributed by atoms with van der Waals surface area (Å²) in [5.41, 5.74) is 1.77. The number of benzene rings is 4. The number of ether oxygens (including phenoxy) is 4. The minimum Gasteiger partial charge on any atom is -0.478 e. The SMILES string of the molecule is O=C(O)/C=C/C(=O)O.OC(COCC1CNCCO1)c1ccc2ccccc2c1.OC(COCC1CNCCO1)c1ccc2ccccc2c1. The summed E-state index contributed by atoms with van der Waals surface area (Å²) >= 11 is 0. The van der Waals surface area contributed by atoms with Gasteiger partial charge in [-0.05, 0) is 44.8 Å². The van der Waals surface area contributed by atoms with E-state index in [1.54, 1.807) is 0 Å². The summed E-state index contributed by atoms with van der Waals surface area (Å²) in [6.45, 7) is 6.47. The maximum Gasteiger partial charge on any atom is 0.328 e. The summed E-state index contributed by atoms with van der Waals surface area (Å²) in [6, 6.07) is 28.3. The molecule has 4 atom stereocenters. The first-order chi connectivity index (χ1) is 24.3. The number of rotatable bonds is 12. The monoisotopic (exact) mass is 690 g/mol. The van der Waals surface area contributed by atoms with Gasteiger partial charge in [0.1, 0.15) is 12.2 Å². The van der Waals surface area contributed by atoms with Crippen LogP contribution in [0.3, 0.4) is 0 Å². The number of hydrogen-bond acceptors (Lipinski definition) is 10. The van der Waals surface area contributed by atoms with Gasteiger partial charge in [-0.25, -0.2) is 9.59 Å². The van der Waals surface area contributed by atoms with Crippen LogP contribution in [0.5, 0.6) is 0 Å². The fourth-order valence-corrected chi connectivity index (χ4v) is 5.24. The predicted molar refractivity (Wildman–Crippen MR) is 189 cm³/mol. The number of nitrogens with one attached hydrogen (secondary N) is 2. The fraction of sp³-hybridized carbons (Fsp3) is 0.368. The van der Waals surface area contributed by atoms with E-state index in [2.05, 4.69) is 22.8 Å². The van der Waals surface area contributed by atoms with E-state index in [0.717, 1.165) is 61.3 Å². The smallest absolute Gasteiger partial charge is 0.328 e. The second-order valence-electron chi connectivity index (χ2n) is 11.7. The molecule has 0 spiro atoms. The van der Waals surface area contributed by atoms with Crippen molar-refractivity contribution in [1.82, 2.24) is 10.6 Å². The van der Waals surface area contributed by atoms with Crippen molar-refractivity contribution in [2.75, 3.05) is 65.8 Å². The zero-order valence-corrected chi connectivity index (χ0v) is 27.9. The van der Waals surface area contributed by atoms with Gasteiger partial charge in [-0.2, -0.15) is 0 Å². The van der Waals surface area contributed by atoms with Crippen LogP contribution in [0.1, 0.15) is 23.3 Å². The van der Waals surface area contributed by atoms with Crippen LogP contribution in [-0.2, 0) is 28.5 Å². The van der Waals surface area contributed by atoms with Crippen LogP contribution in [0.4, 0.5) is 0 Å². The lowest BCUT2D eigenvalue weighted by atomic mass is 10.0. The molecule has 0 amide bonds. The molecular formula is C38H46N2O10. The molecule has 2 aliphatic heterocycles. The van der Waals surface area contributed by atoms with Crippen LogP contribution < -0.4 is 10.6 Å². The minimum absolute atomic E-state index is 0.0857. The number of hydrogen-bond donors (Lipinski definition) is 6. The fourth-order valence-electron chi connectivity index (χ4n) is 5.24. The first-order valence-electron chi connectivity index (χ1n) is 16.6. The van der Waals surface area contributed by atoms with E-state index in [4.69, 9.17) is 29.2 Å². The van der Waals surface area contributed by atoms with Gasteiger partial charge in [0, 0.05) is 38.3 Å². The highest BCUT2D eigenvalue weighted by Crippen LogP contribution is 2.22. The van der Waals surface area contributed by atoms with E-state index in [-0.39, 0.29) is 25.4 Å². The zero-order chi connectivity index (χ0) is 35.6. The summed E-state index contributed by atoms with van der Waals surface area (Å²) in [5, 5.41) is 47.2. The third kappa shape index (κ3) is 13.6. The lowest BCUT2D eigenvalue weighted by Crippen LogP contribution is -2.41. The Bertz CT molecular complexity index is 1530. The van der Waals surface area contributed by atoms with Crippen LogP contribution in [0, 0.1) is 0 Å². The van der Waals surface area contributed by atoms with Crippen molar-refractivity contribution in [2.24, 2.45) is 0 Å². The van der Waals surface area contributed by atoms with Gasteiger partial charge < -0.3 is 50.0 Å². The molecule has 2 heterocycles. The molecule has 268 valence electrons. The first kappa shape index (κ1) is 38.6. The van der Waals surface area contributed by atoms with Crippen LogP contribution in [0.25, 0.3) is 21.5 Å². The van der Waals surface area contributed by atoms with Crippen molar-refractivity contribution in [2.45, 2.75) is 24.4 Å². The van der Waals surface area contributed by atoms with Crippen molar-refractivity contribution >= 4 is 33.5 Å². The molecule has 2 aliphatic rings. The largest absolute Gasteiger partial charge is 0.478 e. The van der Waals surface area contributed by atoms with Crippen molar-refractivity contribution in [3.63, 3.8) is 0 Å². The van der Waals surface area contributed by atoms with Gasteiger partial charge in [0.2, 0.25) is 0 Å². The molecule has 4 aromatic rings. The Hall–Kier alpha value is -4.24. The van der Waals surface area contributed by atoms with Gasteiger partial charge in [-0.3, -0.25) is 0 Å². The standard InChI is InChI=1S/2C17H21NO3.C4H4O4/c2*19-17(12-20-11-16-10-18-7-8-21-16)15-6-5-13-3-1-2-4-14(13)9-15;5-3(6)1-2-4(7)8/h2*1-6,9,16-19H,7-8,10-12H2;1-2H,(H,5,6)(H,7,8)/b;;2-1+. The third-order valence-corrected chi connectivity index (χ3v) is 7.85. The van der Waals surface area contributed by atoms with Gasteiger partial charge in [-0.15, -0.1) is 0 Å². The van der Waals surface area contributed by atoms with E-state index >= 15 is 0 Å². The second-order valence-corrected chi connectivity index (χ2v) is 11.7. The van der Waals surface area contributed by atoms with E-state index < -0.39 is 24.1 Å². The number of fused-ring (bicyclic) bond motifs is 2. The molecule has 0 aromatic heterocycles. The molecule has 4 aromatic carbocycles. The van der Waals surface area contributed by atoms with Crippen LogP contribution in [0.15, 0.2) is 97.1 Å². The minimum atomic E-state index is -1.26. The maximum atomic E-state index is 10.2. The number of morpholine rings is 2. The first-order valence-corrected chi connectivity index (χ1v) is 16.6. The Labute approximate surface area is 291 Å². The molecule has 2 fully saturated rings. The van der Waals surface area contributed by atoms with Crippen molar-refractivity contribution in [1.29, 1.82) is 0 Å². The number of aliphatic hydroxyl groups excluding tert-OH is 2. The van der Waals surface area contributed by atoms with Gasteiger partial charge in [0.25, 0.3) is 0 Å². The Morgan fingerprint density at radius 2 is 1.06 bits per heavy atom. The summed E-state index contributed by atoms with van der Waals surface area (Å²) < 4.78 is 22.3. The van der Waals surface area contributed by atoms with Gasteiger partial charge >= 0.3 is 11.9 Å². The summed E-state index contributed by atoms with van der Waals surface area (Å²) in [7, 11) is 0. The molecule has 6 rings (SSSR count). The molecule has 12 heteroatoms. The molecule has 0 radical (unpaired) electrons. The Balaban J connectivity index is 0.000000186. The number of aliphatic carboxylic acids is 2. The molecule has 0 bridgehead atoms. The lowest BCUT2D eigenvalue weighted by Gasteiger charge is -2.24. The number of aliphatic hydroxyl groups is 2. The average molecular weight is 691 g/mol. The Kier molecular flexibility index (Phi) is 16.3. The topological polar surface area (TPSA) is 176 Å². The van der Waals surface area contributed by atoms with E-state index in [9.17, 15) is 19.8 Å². The van der Waals surface area contributed by atoms with Gasteiger partial charge in [-0.1, -0.05) is 72.8 Å². The summed E-state index contributed by atoms with van der Waals surface area (Å²) in [5.74, 6) is -2.51. The van der Waals surface area contributed by atoms with Crippen LogP contribution in [0.2, 0.25) is 0 Å². The Morgan fingerprint density at radius 3 is 1.42 bits per heavy atom. The summed E-state index contributed by atoms with van der Waals surface area (Å²) in [4.78, 5) is 19.1. The second kappa shape index (κ2) is 21.1. The van der Waals surface area contributed by atoms with Crippen molar-refractivity contribution in [3.05, 3.63) is 108 Å². The third-order valence-electron chi connectivity index (χ3n) is 7.85. The molecule has 12 nitrogen and oxygen atoms in total. The quantitative estimate of drug-likeness (QED) is 0.120. The summed E-state index contributed by atoms with van der Waals surface area (Å²) in [6.07, 6.45) is 0.0763. The van der Waals surface area contributed by atoms with E-state index in [0.29, 0.717) is 25.4 Å². The van der Waals surface area contributed by atoms with Crippen molar-refractivity contribution in [3.8, 4) is 0 Å². The normalized spacial score (nSPS) is 18.8. The maximum absolute atomic E-state index is 10.2. The van der Waals surface area contributed by atoms with E-state index in [1.807, 2.05) is 72.8 Å². The number of carboxylic acid groups (broad SMARTS) is 2. The van der Waals surface area contributed by atoms with Gasteiger partial charge in [0.05, 0.1) is 51.8 Å². The predicted octanol–water partition coefficient (Wildman–Crippen LogP) is 3.47. The highest BCUT2D eigenvalue weighted by molar-refractivity contribution is 5.89.